The second-order valence-electron chi connectivity index (χ2n) is 8.84. The van der Waals surface area contributed by atoms with Gasteiger partial charge in [-0.05, 0) is 84.0 Å². The molecule has 34 heavy (non-hydrogen) atoms. The number of ether oxygens (including phenoxy) is 2. The van der Waals surface area contributed by atoms with Gasteiger partial charge in [0.15, 0.2) is 11.5 Å². The standard InChI is InChI=1S/C27H29NO5S/c1-17(29)18-4-7-23(8-5-18)34(30)33-27-14-20-13-25-24-9-6-22(31-2)12-19(24)10-11-28(25)16-21(20)15-26(27)32-3/h4-9,12,14-15,17,25,29H,10-11,13,16H2,1-3H3. The van der Waals surface area contributed by atoms with E-state index >= 15 is 0 Å². The second-order valence-corrected chi connectivity index (χ2v) is 9.95. The Morgan fingerprint density at radius 1 is 0.971 bits per heavy atom. The third-order valence-electron chi connectivity index (χ3n) is 6.81. The number of hydrogen-bond donors (Lipinski definition) is 1. The average molecular weight is 480 g/mol. The van der Waals surface area contributed by atoms with Crippen LogP contribution in [0.25, 0.3) is 0 Å². The number of methoxy groups -OCH3 is 2. The molecule has 7 heteroatoms. The van der Waals surface area contributed by atoms with Crippen molar-refractivity contribution in [3.05, 3.63) is 82.4 Å². The van der Waals surface area contributed by atoms with Crippen molar-refractivity contribution in [3.63, 3.8) is 0 Å². The molecule has 0 spiro atoms. The Balaban J connectivity index is 1.42. The van der Waals surface area contributed by atoms with Crippen LogP contribution in [0.4, 0.5) is 0 Å². The van der Waals surface area contributed by atoms with Gasteiger partial charge in [-0.3, -0.25) is 4.90 Å². The summed E-state index contributed by atoms with van der Waals surface area (Å²) in [5, 5.41) is 9.71. The van der Waals surface area contributed by atoms with E-state index in [0.29, 0.717) is 22.4 Å². The van der Waals surface area contributed by atoms with Crippen molar-refractivity contribution in [2.24, 2.45) is 0 Å². The molecule has 0 aliphatic carbocycles. The fourth-order valence-corrected chi connectivity index (χ4v) is 5.66. The van der Waals surface area contributed by atoms with Crippen LogP contribution >= 0.6 is 0 Å². The van der Waals surface area contributed by atoms with Crippen molar-refractivity contribution >= 4 is 11.1 Å². The summed E-state index contributed by atoms with van der Waals surface area (Å²) in [6.45, 7) is 3.53. The highest BCUT2D eigenvalue weighted by atomic mass is 32.2. The predicted molar refractivity (Wildman–Crippen MR) is 131 cm³/mol. The first kappa shape index (κ1) is 22.9. The number of hydrogen-bond acceptors (Lipinski definition) is 6. The van der Waals surface area contributed by atoms with E-state index < -0.39 is 17.2 Å². The summed E-state index contributed by atoms with van der Waals surface area (Å²) in [5.74, 6) is 1.94. The maximum absolute atomic E-state index is 12.9. The minimum atomic E-state index is -1.70. The summed E-state index contributed by atoms with van der Waals surface area (Å²) >= 11 is -1.70. The molecule has 0 radical (unpaired) electrons. The van der Waals surface area contributed by atoms with Gasteiger partial charge in [0.1, 0.15) is 5.75 Å². The lowest BCUT2D eigenvalue weighted by Gasteiger charge is -2.41. The van der Waals surface area contributed by atoms with Gasteiger partial charge in [0.05, 0.1) is 25.2 Å². The van der Waals surface area contributed by atoms with E-state index in [1.807, 2.05) is 18.2 Å². The number of aliphatic hydroxyl groups is 1. The van der Waals surface area contributed by atoms with Gasteiger partial charge in [-0.15, -0.1) is 0 Å². The first-order valence-electron chi connectivity index (χ1n) is 11.5. The number of nitrogens with zero attached hydrogens (tertiary/aromatic N) is 1. The minimum absolute atomic E-state index is 0.293. The van der Waals surface area contributed by atoms with Gasteiger partial charge < -0.3 is 18.8 Å². The Hall–Kier alpha value is -2.87. The SMILES string of the molecule is COc1ccc2c(c1)CCN1Cc3cc(OC)c(OS(=O)c4ccc(C(C)O)cc4)cc3CC21. The topological polar surface area (TPSA) is 68.2 Å². The van der Waals surface area contributed by atoms with Gasteiger partial charge in [0, 0.05) is 19.1 Å². The molecule has 2 heterocycles. The largest absolute Gasteiger partial charge is 0.497 e. The minimum Gasteiger partial charge on any atom is -0.497 e. The summed E-state index contributed by atoms with van der Waals surface area (Å²) in [7, 11) is 3.30. The predicted octanol–water partition coefficient (Wildman–Crippen LogP) is 4.51. The van der Waals surface area contributed by atoms with E-state index in [1.165, 1.54) is 22.3 Å². The summed E-state index contributed by atoms with van der Waals surface area (Å²) in [5.41, 5.74) is 5.85. The fourth-order valence-electron chi connectivity index (χ4n) is 4.92. The second kappa shape index (κ2) is 9.41. The zero-order valence-corrected chi connectivity index (χ0v) is 20.4. The van der Waals surface area contributed by atoms with Gasteiger partial charge in [-0.2, -0.15) is 0 Å². The molecule has 178 valence electrons. The quantitative estimate of drug-likeness (QED) is 0.561. The van der Waals surface area contributed by atoms with E-state index in [1.54, 1.807) is 45.4 Å². The Bertz CT molecular complexity index is 1220. The molecule has 3 aromatic rings. The van der Waals surface area contributed by atoms with E-state index in [0.717, 1.165) is 37.2 Å². The first-order chi connectivity index (χ1) is 16.5. The van der Waals surface area contributed by atoms with E-state index in [4.69, 9.17) is 13.7 Å². The highest BCUT2D eigenvalue weighted by Crippen LogP contribution is 2.42. The van der Waals surface area contributed by atoms with Crippen molar-refractivity contribution in [3.8, 4) is 17.2 Å². The summed E-state index contributed by atoms with van der Waals surface area (Å²) in [6.07, 6.45) is 1.28. The molecular formula is C27H29NO5S. The molecular weight excluding hydrogens is 450 g/mol. The summed E-state index contributed by atoms with van der Waals surface area (Å²) < 4.78 is 29.8. The van der Waals surface area contributed by atoms with Crippen LogP contribution in [0.5, 0.6) is 17.2 Å². The van der Waals surface area contributed by atoms with E-state index in [9.17, 15) is 9.32 Å². The maximum atomic E-state index is 12.9. The average Bonchev–Trinajstić information content (AvgIpc) is 2.86. The Labute approximate surface area is 202 Å². The van der Waals surface area contributed by atoms with Gasteiger partial charge in [0.2, 0.25) is 11.1 Å². The zero-order chi connectivity index (χ0) is 23.8. The molecule has 1 N–H and O–H groups in total. The zero-order valence-electron chi connectivity index (χ0n) is 19.6. The van der Waals surface area contributed by atoms with Crippen LogP contribution in [-0.2, 0) is 30.5 Å². The molecule has 2 aliphatic rings. The molecule has 3 unspecified atom stereocenters. The van der Waals surface area contributed by atoms with E-state index in [2.05, 4.69) is 17.0 Å². The van der Waals surface area contributed by atoms with Crippen LogP contribution in [0.1, 0.15) is 46.9 Å². The molecule has 3 atom stereocenters. The number of rotatable bonds is 6. The van der Waals surface area contributed by atoms with Crippen molar-refractivity contribution in [2.45, 2.75) is 43.4 Å². The van der Waals surface area contributed by atoms with Crippen LogP contribution < -0.4 is 13.7 Å². The van der Waals surface area contributed by atoms with Crippen LogP contribution in [0.2, 0.25) is 0 Å². The lowest BCUT2D eigenvalue weighted by molar-refractivity contribution is 0.160. The Morgan fingerprint density at radius 2 is 1.74 bits per heavy atom. The number of fused-ring (bicyclic) bond motifs is 4. The molecule has 0 saturated carbocycles. The third-order valence-corrected chi connectivity index (χ3v) is 7.80. The van der Waals surface area contributed by atoms with Crippen LogP contribution in [0.15, 0.2) is 59.5 Å². The lowest BCUT2D eigenvalue weighted by Crippen LogP contribution is -2.39. The monoisotopic (exact) mass is 479 g/mol. The Kier molecular flexibility index (Phi) is 6.34. The van der Waals surface area contributed by atoms with Crippen LogP contribution in [-0.4, -0.2) is 35.0 Å². The normalized spacial score (nSPS) is 18.8. The van der Waals surface area contributed by atoms with Crippen LogP contribution in [0, 0.1) is 0 Å². The van der Waals surface area contributed by atoms with Gasteiger partial charge in [-0.25, -0.2) is 4.21 Å². The lowest BCUT2D eigenvalue weighted by atomic mass is 9.84. The molecule has 0 bridgehead atoms. The maximum Gasteiger partial charge on any atom is 0.240 e. The van der Waals surface area contributed by atoms with E-state index in [-0.39, 0.29) is 0 Å². The van der Waals surface area contributed by atoms with Crippen molar-refractivity contribution in [2.75, 3.05) is 20.8 Å². The van der Waals surface area contributed by atoms with Gasteiger partial charge in [-0.1, -0.05) is 18.2 Å². The third kappa shape index (κ3) is 4.31. The highest BCUT2D eigenvalue weighted by molar-refractivity contribution is 7.80. The smallest absolute Gasteiger partial charge is 0.240 e. The molecule has 0 aromatic heterocycles. The van der Waals surface area contributed by atoms with Crippen molar-refractivity contribution in [1.82, 2.24) is 4.90 Å². The van der Waals surface area contributed by atoms with Crippen LogP contribution in [0.3, 0.4) is 0 Å². The summed E-state index contributed by atoms with van der Waals surface area (Å²) in [4.78, 5) is 3.05. The molecule has 5 rings (SSSR count). The molecule has 0 saturated heterocycles. The Morgan fingerprint density at radius 3 is 2.44 bits per heavy atom. The number of aliphatic hydroxyl groups excluding tert-OH is 1. The molecule has 6 nitrogen and oxygen atoms in total. The number of benzene rings is 3. The van der Waals surface area contributed by atoms with Gasteiger partial charge in [0.25, 0.3) is 0 Å². The molecule has 3 aromatic carbocycles. The fraction of sp³-hybridized carbons (Fsp3) is 0.333. The molecule has 0 amide bonds. The highest BCUT2D eigenvalue weighted by Gasteiger charge is 2.33. The molecule has 0 fully saturated rings. The van der Waals surface area contributed by atoms with Crippen molar-refractivity contribution < 1.29 is 23.0 Å². The summed E-state index contributed by atoms with van der Waals surface area (Å²) in [6, 6.07) is 17.6. The van der Waals surface area contributed by atoms with Gasteiger partial charge >= 0.3 is 0 Å². The molecule has 2 aliphatic heterocycles. The van der Waals surface area contributed by atoms with Crippen molar-refractivity contribution in [1.29, 1.82) is 0 Å². The first-order valence-corrected chi connectivity index (χ1v) is 12.5.